The van der Waals surface area contributed by atoms with Gasteiger partial charge in [0.25, 0.3) is 0 Å². The van der Waals surface area contributed by atoms with Gasteiger partial charge in [-0.3, -0.25) is 9.48 Å². The second-order valence-corrected chi connectivity index (χ2v) is 3.79. The Kier molecular flexibility index (Phi) is 4.83. The molecule has 0 N–H and O–H groups in total. The lowest BCUT2D eigenvalue weighted by atomic mass is 10.2. The minimum atomic E-state index is -4.23. The van der Waals surface area contributed by atoms with Crippen molar-refractivity contribution in [3.8, 4) is 0 Å². The van der Waals surface area contributed by atoms with E-state index in [2.05, 4.69) is 9.84 Å². The molecule has 0 aliphatic carbocycles. The lowest BCUT2D eigenvalue weighted by molar-refractivity contribution is -0.168. The number of nitrogens with zero attached hydrogens (tertiary/aromatic N) is 2. The fourth-order valence-electron chi connectivity index (χ4n) is 1.21. The van der Waals surface area contributed by atoms with Gasteiger partial charge >= 0.3 is 12.3 Å². The van der Waals surface area contributed by atoms with Crippen LogP contribution in [0.1, 0.15) is 5.56 Å². The average Bonchev–Trinajstić information content (AvgIpc) is 2.63. The molecule has 0 saturated carbocycles. The third-order valence-electron chi connectivity index (χ3n) is 2.04. The normalized spacial score (nSPS) is 12.1. The maximum atomic E-state index is 12.4. The first-order chi connectivity index (χ1) is 8.31. The van der Waals surface area contributed by atoms with Gasteiger partial charge < -0.3 is 4.74 Å². The topological polar surface area (TPSA) is 44.1 Å². The van der Waals surface area contributed by atoms with Crippen LogP contribution in [0.4, 0.5) is 17.6 Å². The summed E-state index contributed by atoms with van der Waals surface area (Å²) in [5.74, 6) is -4.71. The Balaban J connectivity index is 2.30. The molecule has 0 bridgehead atoms. The van der Waals surface area contributed by atoms with Crippen molar-refractivity contribution in [2.75, 3.05) is 13.2 Å². The highest BCUT2D eigenvalue weighted by molar-refractivity contribution is 5.81. The van der Waals surface area contributed by atoms with E-state index in [-0.39, 0.29) is 6.42 Å². The van der Waals surface area contributed by atoms with E-state index in [0.29, 0.717) is 5.56 Å². The Bertz CT molecular complexity index is 406. The number of hydrogen-bond acceptors (Lipinski definition) is 3. The monoisotopic (exact) mass is 268 g/mol. The van der Waals surface area contributed by atoms with Gasteiger partial charge in [-0.05, 0) is 5.56 Å². The van der Waals surface area contributed by atoms with E-state index in [1.807, 2.05) is 0 Å². The molecule has 0 spiro atoms. The Morgan fingerprint density at radius 2 is 2.22 bits per heavy atom. The van der Waals surface area contributed by atoms with Gasteiger partial charge in [-0.25, -0.2) is 8.78 Å². The molecule has 1 aromatic heterocycles. The SMILES string of the molecule is Cn1cc(CC(=O)COCC(F)(F)C(F)F)cn1. The van der Waals surface area contributed by atoms with Crippen molar-refractivity contribution in [2.45, 2.75) is 18.8 Å². The summed E-state index contributed by atoms with van der Waals surface area (Å²) in [6.07, 6.45) is -0.795. The third kappa shape index (κ3) is 4.44. The molecule has 1 heterocycles. The Morgan fingerprint density at radius 1 is 1.56 bits per heavy atom. The fourth-order valence-corrected chi connectivity index (χ4v) is 1.21. The molecular formula is C10H12F4N2O2. The number of ketones is 1. The quantitative estimate of drug-likeness (QED) is 0.703. The van der Waals surface area contributed by atoms with E-state index >= 15 is 0 Å². The number of aryl methyl sites for hydroxylation is 1. The Morgan fingerprint density at radius 3 is 2.72 bits per heavy atom. The molecule has 0 unspecified atom stereocenters. The summed E-state index contributed by atoms with van der Waals surface area (Å²) < 4.78 is 54.2. The lowest BCUT2D eigenvalue weighted by Crippen LogP contribution is -2.33. The van der Waals surface area contributed by atoms with Crippen LogP contribution in [-0.4, -0.2) is 41.1 Å². The molecule has 0 radical (unpaired) electrons. The van der Waals surface area contributed by atoms with Gasteiger partial charge in [-0.1, -0.05) is 0 Å². The van der Waals surface area contributed by atoms with Crippen LogP contribution in [0.2, 0.25) is 0 Å². The van der Waals surface area contributed by atoms with Gasteiger partial charge in [-0.15, -0.1) is 0 Å². The second-order valence-electron chi connectivity index (χ2n) is 3.79. The molecule has 18 heavy (non-hydrogen) atoms. The van der Waals surface area contributed by atoms with E-state index < -0.39 is 31.3 Å². The summed E-state index contributed by atoms with van der Waals surface area (Å²) in [7, 11) is 1.66. The predicted molar refractivity (Wildman–Crippen MR) is 53.7 cm³/mol. The number of Topliss-reactive ketones (excluding diaryl/α,β-unsaturated/α-hetero) is 1. The molecule has 4 nitrogen and oxygen atoms in total. The highest BCUT2D eigenvalue weighted by Crippen LogP contribution is 2.22. The zero-order valence-corrected chi connectivity index (χ0v) is 9.58. The molecular weight excluding hydrogens is 256 g/mol. The molecule has 0 aromatic carbocycles. The molecule has 8 heteroatoms. The Hall–Kier alpha value is -1.44. The van der Waals surface area contributed by atoms with Crippen molar-refractivity contribution in [1.82, 2.24) is 9.78 Å². The minimum absolute atomic E-state index is 0.0336. The van der Waals surface area contributed by atoms with Gasteiger partial charge in [0.2, 0.25) is 0 Å². The Labute approximate surface area is 101 Å². The van der Waals surface area contributed by atoms with Crippen LogP contribution < -0.4 is 0 Å². The zero-order valence-electron chi connectivity index (χ0n) is 9.58. The number of rotatable bonds is 7. The molecule has 102 valence electrons. The highest BCUT2D eigenvalue weighted by atomic mass is 19.3. The number of alkyl halides is 4. The molecule has 0 atom stereocenters. The van der Waals surface area contributed by atoms with Crippen molar-refractivity contribution >= 4 is 5.78 Å². The first-order valence-corrected chi connectivity index (χ1v) is 5.04. The number of carbonyl (C=O) groups is 1. The van der Waals surface area contributed by atoms with Crippen LogP contribution in [0.25, 0.3) is 0 Å². The first kappa shape index (κ1) is 14.6. The molecule has 1 aromatic rings. The smallest absolute Gasteiger partial charge is 0.330 e. The number of hydrogen-bond donors (Lipinski definition) is 0. The number of carbonyl (C=O) groups excluding carboxylic acids is 1. The maximum Gasteiger partial charge on any atom is 0.330 e. The van der Waals surface area contributed by atoms with E-state index in [1.165, 1.54) is 10.9 Å². The molecule has 0 saturated heterocycles. The highest BCUT2D eigenvalue weighted by Gasteiger charge is 2.41. The molecule has 0 fully saturated rings. The summed E-state index contributed by atoms with van der Waals surface area (Å²) in [5, 5.41) is 3.82. The van der Waals surface area contributed by atoms with Gasteiger partial charge in [0.05, 0.1) is 6.20 Å². The van der Waals surface area contributed by atoms with Crippen LogP contribution in [0.5, 0.6) is 0 Å². The van der Waals surface area contributed by atoms with Crippen LogP contribution in [0.15, 0.2) is 12.4 Å². The minimum Gasteiger partial charge on any atom is -0.367 e. The van der Waals surface area contributed by atoms with Gasteiger partial charge in [0.1, 0.15) is 13.2 Å². The largest absolute Gasteiger partial charge is 0.367 e. The molecule has 1 rings (SSSR count). The lowest BCUT2D eigenvalue weighted by Gasteiger charge is -2.14. The summed E-state index contributed by atoms with van der Waals surface area (Å²) >= 11 is 0. The van der Waals surface area contributed by atoms with Crippen molar-refractivity contribution in [2.24, 2.45) is 7.05 Å². The summed E-state index contributed by atoms with van der Waals surface area (Å²) in [6.45, 7) is -2.10. The standard InChI is InChI=1S/C10H12F4N2O2/c1-16-4-7(3-15-16)2-8(17)5-18-6-10(13,14)9(11)12/h3-4,9H,2,5-6H2,1H3. The third-order valence-corrected chi connectivity index (χ3v) is 2.04. The average molecular weight is 268 g/mol. The van der Waals surface area contributed by atoms with Crippen molar-refractivity contribution in [1.29, 1.82) is 0 Å². The summed E-state index contributed by atoms with van der Waals surface area (Å²) in [6, 6.07) is 0. The zero-order chi connectivity index (χ0) is 13.8. The van der Waals surface area contributed by atoms with Gasteiger partial charge in [-0.2, -0.15) is 13.9 Å². The van der Waals surface area contributed by atoms with Gasteiger partial charge in [0, 0.05) is 19.7 Å². The predicted octanol–water partition coefficient (Wildman–Crippen LogP) is 1.45. The van der Waals surface area contributed by atoms with E-state index in [4.69, 9.17) is 0 Å². The van der Waals surface area contributed by atoms with Crippen molar-refractivity contribution < 1.29 is 27.1 Å². The van der Waals surface area contributed by atoms with Crippen LogP contribution in [-0.2, 0) is 23.0 Å². The number of ether oxygens (including phenoxy) is 1. The number of halogens is 4. The van der Waals surface area contributed by atoms with Gasteiger partial charge in [0.15, 0.2) is 5.78 Å². The van der Waals surface area contributed by atoms with Crippen LogP contribution >= 0.6 is 0 Å². The van der Waals surface area contributed by atoms with Crippen LogP contribution in [0.3, 0.4) is 0 Å². The first-order valence-electron chi connectivity index (χ1n) is 5.04. The second kappa shape index (κ2) is 5.94. The summed E-state index contributed by atoms with van der Waals surface area (Å²) in [4.78, 5) is 11.3. The van der Waals surface area contributed by atoms with E-state index in [1.54, 1.807) is 13.2 Å². The van der Waals surface area contributed by atoms with Crippen molar-refractivity contribution in [3.05, 3.63) is 18.0 Å². The van der Waals surface area contributed by atoms with E-state index in [9.17, 15) is 22.4 Å². The fraction of sp³-hybridized carbons (Fsp3) is 0.600. The van der Waals surface area contributed by atoms with Crippen LogP contribution in [0, 0.1) is 0 Å². The number of aromatic nitrogens is 2. The maximum absolute atomic E-state index is 12.4. The molecule has 0 amide bonds. The summed E-state index contributed by atoms with van der Waals surface area (Å²) in [5.41, 5.74) is 0.603. The van der Waals surface area contributed by atoms with E-state index in [0.717, 1.165) is 0 Å². The molecule has 0 aliphatic rings. The molecule has 0 aliphatic heterocycles. The van der Waals surface area contributed by atoms with Crippen molar-refractivity contribution in [3.63, 3.8) is 0 Å².